The van der Waals surface area contributed by atoms with Crippen LogP contribution in [0.3, 0.4) is 0 Å². The Morgan fingerprint density at radius 1 is 0.909 bits per heavy atom. The summed E-state index contributed by atoms with van der Waals surface area (Å²) >= 11 is 0. The van der Waals surface area contributed by atoms with Crippen LogP contribution in [0, 0.1) is 16.7 Å². The summed E-state index contributed by atoms with van der Waals surface area (Å²) in [5.41, 5.74) is -0.939. The summed E-state index contributed by atoms with van der Waals surface area (Å²) in [4.78, 5) is 23.9. The van der Waals surface area contributed by atoms with E-state index >= 15 is 0 Å². The lowest BCUT2D eigenvalue weighted by Gasteiger charge is -2.33. The molecule has 0 bridgehead atoms. The van der Waals surface area contributed by atoms with Crippen molar-refractivity contribution in [2.45, 2.75) is 79.8 Å². The van der Waals surface area contributed by atoms with Crippen LogP contribution in [-0.2, 0) is 19.1 Å². The van der Waals surface area contributed by atoms with Crippen molar-refractivity contribution in [3.05, 3.63) is 0 Å². The highest BCUT2D eigenvalue weighted by Crippen LogP contribution is 2.31. The van der Waals surface area contributed by atoms with Crippen molar-refractivity contribution in [3.63, 3.8) is 0 Å². The normalized spacial score (nSPS) is 23.0. The van der Waals surface area contributed by atoms with E-state index in [1.807, 2.05) is 41.5 Å². The molecule has 1 saturated carbocycles. The lowest BCUT2D eigenvalue weighted by atomic mass is 9.84. The first-order chi connectivity index (χ1) is 10.0. The van der Waals surface area contributed by atoms with Crippen LogP contribution in [0.25, 0.3) is 0 Å². The Kier molecular flexibility index (Phi) is 6.45. The van der Waals surface area contributed by atoms with Crippen LogP contribution in [0.2, 0.25) is 0 Å². The van der Waals surface area contributed by atoms with E-state index in [-0.39, 0.29) is 18.0 Å². The van der Waals surface area contributed by atoms with Crippen molar-refractivity contribution in [1.82, 2.24) is 0 Å². The number of carbonyl (C=O) groups excluding carboxylic acids is 2. The second-order valence-corrected chi connectivity index (χ2v) is 8.41. The lowest BCUT2D eigenvalue weighted by molar-refractivity contribution is -0.165. The summed E-state index contributed by atoms with van der Waals surface area (Å²) in [5, 5.41) is 0. The molecule has 4 heteroatoms. The van der Waals surface area contributed by atoms with Gasteiger partial charge in [0.25, 0.3) is 0 Å². The van der Waals surface area contributed by atoms with E-state index < -0.39 is 10.8 Å². The Bertz CT molecular complexity index is 387. The maximum Gasteiger partial charge on any atom is 0.311 e. The van der Waals surface area contributed by atoms with Crippen LogP contribution in [0.5, 0.6) is 0 Å². The number of esters is 2. The quantitative estimate of drug-likeness (QED) is 0.733. The summed E-state index contributed by atoms with van der Waals surface area (Å²) in [6.45, 7) is 11.6. The Labute approximate surface area is 134 Å². The van der Waals surface area contributed by atoms with E-state index in [2.05, 4.69) is 0 Å². The predicted molar refractivity (Wildman–Crippen MR) is 86.3 cm³/mol. The molecule has 2 atom stereocenters. The molecule has 0 aromatic rings. The number of hydrogen-bond acceptors (Lipinski definition) is 4. The second kappa shape index (κ2) is 7.47. The van der Waals surface area contributed by atoms with Gasteiger partial charge in [0.05, 0.1) is 17.4 Å². The smallest absolute Gasteiger partial charge is 0.311 e. The molecule has 128 valence electrons. The molecule has 0 heterocycles. The Morgan fingerprint density at radius 2 is 1.45 bits per heavy atom. The molecule has 1 aliphatic carbocycles. The molecular weight excluding hydrogens is 280 g/mol. The van der Waals surface area contributed by atoms with Gasteiger partial charge in [0.2, 0.25) is 0 Å². The second-order valence-electron chi connectivity index (χ2n) is 8.41. The van der Waals surface area contributed by atoms with Gasteiger partial charge in [-0.05, 0) is 73.1 Å². The van der Waals surface area contributed by atoms with Crippen LogP contribution < -0.4 is 0 Å². The molecule has 0 N–H and O–H groups in total. The van der Waals surface area contributed by atoms with Crippen LogP contribution in [-0.4, -0.2) is 24.6 Å². The van der Waals surface area contributed by atoms with Crippen LogP contribution in [0.1, 0.15) is 73.6 Å². The molecule has 4 nitrogen and oxygen atoms in total. The van der Waals surface area contributed by atoms with E-state index in [1.165, 1.54) is 0 Å². The van der Waals surface area contributed by atoms with Crippen molar-refractivity contribution in [3.8, 4) is 0 Å². The lowest BCUT2D eigenvalue weighted by Crippen LogP contribution is -2.35. The Morgan fingerprint density at radius 3 is 2.00 bits per heavy atom. The molecule has 0 radical (unpaired) electrons. The molecule has 0 unspecified atom stereocenters. The maximum absolute atomic E-state index is 12.1. The van der Waals surface area contributed by atoms with Crippen LogP contribution >= 0.6 is 0 Å². The van der Waals surface area contributed by atoms with Gasteiger partial charge in [0.15, 0.2) is 0 Å². The third-order valence-electron chi connectivity index (χ3n) is 4.04. The highest BCUT2D eigenvalue weighted by molar-refractivity contribution is 5.75. The summed E-state index contributed by atoms with van der Waals surface area (Å²) < 4.78 is 11.1. The number of carbonyl (C=O) groups is 2. The minimum atomic E-state index is -0.472. The number of hydrogen-bond donors (Lipinski definition) is 0. The third kappa shape index (κ3) is 5.98. The standard InChI is InChI=1S/C18H32O4/c1-17(2,3)15(19)21-12-11-13-9-7-8-10-14(13)22-16(20)18(4,5)6/h13-14H,7-12H2,1-6H3/t13-,14+/m0/s1. The largest absolute Gasteiger partial charge is 0.465 e. The molecule has 0 aliphatic heterocycles. The minimum absolute atomic E-state index is 0.0335. The van der Waals surface area contributed by atoms with Gasteiger partial charge in [-0.15, -0.1) is 0 Å². The van der Waals surface area contributed by atoms with Crippen molar-refractivity contribution in [2.24, 2.45) is 16.7 Å². The molecule has 0 aromatic heterocycles. The van der Waals surface area contributed by atoms with Crippen molar-refractivity contribution in [2.75, 3.05) is 6.61 Å². The van der Waals surface area contributed by atoms with Crippen LogP contribution in [0.15, 0.2) is 0 Å². The number of ether oxygens (including phenoxy) is 2. The van der Waals surface area contributed by atoms with Gasteiger partial charge >= 0.3 is 11.9 Å². The summed E-state index contributed by atoms with van der Waals surface area (Å²) in [6.07, 6.45) is 4.94. The first kappa shape index (κ1) is 19.0. The fraction of sp³-hybridized carbons (Fsp3) is 0.889. The van der Waals surface area contributed by atoms with Crippen molar-refractivity contribution >= 4 is 11.9 Å². The molecule has 0 aromatic carbocycles. The van der Waals surface area contributed by atoms with E-state index in [4.69, 9.17) is 9.47 Å². The predicted octanol–water partition coefficient (Wildman–Crippen LogP) is 4.11. The Hall–Kier alpha value is -1.06. The minimum Gasteiger partial charge on any atom is -0.465 e. The zero-order valence-electron chi connectivity index (χ0n) is 15.0. The van der Waals surface area contributed by atoms with Crippen molar-refractivity contribution < 1.29 is 19.1 Å². The molecule has 0 saturated heterocycles. The zero-order chi connectivity index (χ0) is 17.0. The molecule has 1 aliphatic rings. The summed E-state index contributed by atoms with van der Waals surface area (Å²) in [7, 11) is 0. The van der Waals surface area contributed by atoms with E-state index in [9.17, 15) is 9.59 Å². The van der Waals surface area contributed by atoms with Gasteiger partial charge in [-0.2, -0.15) is 0 Å². The average Bonchev–Trinajstić information content (AvgIpc) is 2.38. The average molecular weight is 312 g/mol. The molecule has 1 rings (SSSR count). The van der Waals surface area contributed by atoms with Gasteiger partial charge < -0.3 is 9.47 Å². The molecule has 0 spiro atoms. The highest BCUT2D eigenvalue weighted by Gasteiger charge is 2.32. The van der Waals surface area contributed by atoms with Gasteiger partial charge in [-0.3, -0.25) is 9.59 Å². The fourth-order valence-electron chi connectivity index (χ4n) is 2.49. The molecule has 1 fully saturated rings. The monoisotopic (exact) mass is 312 g/mol. The van der Waals surface area contributed by atoms with Gasteiger partial charge in [-0.25, -0.2) is 0 Å². The van der Waals surface area contributed by atoms with Gasteiger partial charge in [-0.1, -0.05) is 6.42 Å². The number of rotatable bonds is 4. The van der Waals surface area contributed by atoms with Crippen molar-refractivity contribution in [1.29, 1.82) is 0 Å². The van der Waals surface area contributed by atoms with Crippen LogP contribution in [0.4, 0.5) is 0 Å². The zero-order valence-corrected chi connectivity index (χ0v) is 15.0. The SMILES string of the molecule is CC(C)(C)C(=O)OCC[C@@H]1CCCC[C@H]1OC(=O)C(C)(C)C. The molecule has 22 heavy (non-hydrogen) atoms. The van der Waals surface area contributed by atoms with Gasteiger partial charge in [0.1, 0.15) is 6.10 Å². The van der Waals surface area contributed by atoms with E-state index in [0.29, 0.717) is 12.5 Å². The third-order valence-corrected chi connectivity index (χ3v) is 4.04. The summed E-state index contributed by atoms with van der Waals surface area (Å²) in [5.74, 6) is -0.0181. The molecular formula is C18H32O4. The first-order valence-corrected chi connectivity index (χ1v) is 8.40. The Balaban J connectivity index is 2.49. The fourth-order valence-corrected chi connectivity index (χ4v) is 2.49. The van der Waals surface area contributed by atoms with E-state index in [1.54, 1.807) is 0 Å². The molecule has 0 amide bonds. The van der Waals surface area contributed by atoms with Gasteiger partial charge in [0, 0.05) is 0 Å². The van der Waals surface area contributed by atoms with E-state index in [0.717, 1.165) is 32.1 Å². The maximum atomic E-state index is 12.1. The highest BCUT2D eigenvalue weighted by atomic mass is 16.5. The first-order valence-electron chi connectivity index (χ1n) is 8.40. The topological polar surface area (TPSA) is 52.6 Å². The summed E-state index contributed by atoms with van der Waals surface area (Å²) in [6, 6.07) is 0.